The van der Waals surface area contributed by atoms with Crippen molar-refractivity contribution in [1.82, 2.24) is 0 Å². The van der Waals surface area contributed by atoms with Crippen molar-refractivity contribution in [2.75, 3.05) is 20.3 Å². The zero-order chi connectivity index (χ0) is 16.9. The van der Waals surface area contributed by atoms with Gasteiger partial charge in [-0.2, -0.15) is 0 Å². The molecule has 1 aliphatic heterocycles. The fourth-order valence-electron chi connectivity index (χ4n) is 1.93. The Morgan fingerprint density at radius 2 is 1.73 bits per heavy atom. The quantitative estimate of drug-likeness (QED) is 0.537. The van der Waals surface area contributed by atoms with Crippen LogP contribution >= 0.6 is 23.5 Å². The summed E-state index contributed by atoms with van der Waals surface area (Å²) < 4.78 is 33.1. The van der Waals surface area contributed by atoms with Gasteiger partial charge in [0.05, 0.1) is 13.2 Å². The van der Waals surface area contributed by atoms with Gasteiger partial charge in [0, 0.05) is 7.11 Å². The lowest BCUT2D eigenvalue weighted by Gasteiger charge is -2.38. The molecule has 8 nitrogen and oxygen atoms in total. The molecule has 1 heterocycles. The minimum atomic E-state index is -3.57. The smallest absolute Gasteiger partial charge is 0.367 e. The molecule has 0 aromatic heterocycles. The molecule has 1 rings (SSSR count). The molecule has 1 aliphatic rings. The van der Waals surface area contributed by atoms with Gasteiger partial charge >= 0.3 is 7.60 Å². The van der Waals surface area contributed by atoms with Gasteiger partial charge in [-0.15, -0.1) is 0 Å². The third-order valence-electron chi connectivity index (χ3n) is 3.00. The van der Waals surface area contributed by atoms with Gasteiger partial charge in [0.15, 0.2) is 6.29 Å². The Bertz CT molecular complexity index is 419. The summed E-state index contributed by atoms with van der Waals surface area (Å²) >= 11 is 3.11. The summed E-state index contributed by atoms with van der Waals surface area (Å²) in [6.45, 7) is 3.66. The molecular weight excluding hydrogens is 383 g/mol. The van der Waals surface area contributed by atoms with E-state index >= 15 is 0 Å². The molecule has 1 saturated heterocycles. The lowest BCUT2D eigenvalue weighted by molar-refractivity contribution is -0.279. The highest BCUT2D eigenvalue weighted by Crippen LogP contribution is 2.59. The first-order chi connectivity index (χ1) is 10.3. The first kappa shape index (κ1) is 20.2. The zero-order valence-electron chi connectivity index (χ0n) is 12.6. The van der Waals surface area contributed by atoms with E-state index in [4.69, 9.17) is 18.5 Å². The monoisotopic (exact) mass is 404 g/mol. The summed E-state index contributed by atoms with van der Waals surface area (Å²) in [4.78, 5) is 0. The molecule has 0 unspecified atom stereocenters. The number of hydrogen-bond donors (Lipinski definition) is 3. The minimum absolute atomic E-state index is 0.0613. The van der Waals surface area contributed by atoms with Gasteiger partial charge in [-0.3, -0.25) is 4.57 Å². The average molecular weight is 405 g/mol. The number of halogens is 1. The molecule has 0 saturated carbocycles. The van der Waals surface area contributed by atoms with Crippen LogP contribution in [0.15, 0.2) is 10.3 Å². The molecule has 10 heteroatoms. The van der Waals surface area contributed by atoms with Crippen LogP contribution in [0.1, 0.15) is 13.8 Å². The van der Waals surface area contributed by atoms with Crippen LogP contribution < -0.4 is 0 Å². The Morgan fingerprint density at radius 3 is 2.18 bits per heavy atom. The van der Waals surface area contributed by atoms with Crippen LogP contribution in [0.5, 0.6) is 0 Å². The first-order valence-corrected chi connectivity index (χ1v) is 9.13. The molecule has 0 spiro atoms. The lowest BCUT2D eigenvalue weighted by Crippen LogP contribution is -2.57. The Labute approximate surface area is 137 Å². The van der Waals surface area contributed by atoms with Crippen molar-refractivity contribution in [2.45, 2.75) is 44.6 Å². The van der Waals surface area contributed by atoms with E-state index in [0.717, 1.165) is 0 Å². The predicted octanol–water partition coefficient (Wildman–Crippen LogP) is 0.943. The van der Waals surface area contributed by atoms with E-state index in [-0.39, 0.29) is 17.4 Å². The molecule has 0 aromatic carbocycles. The Kier molecular flexibility index (Phi) is 8.15. The SMILES string of the molecule is CCOP(=O)(OCC)/C(Br)=C\[C@H]1O[C@H](OC)[C@H](O)[C@@H](O)[C@@H]1O. The van der Waals surface area contributed by atoms with Gasteiger partial charge in [-0.25, -0.2) is 0 Å². The van der Waals surface area contributed by atoms with Crippen LogP contribution in [0, 0.1) is 0 Å². The van der Waals surface area contributed by atoms with E-state index < -0.39 is 38.3 Å². The van der Waals surface area contributed by atoms with Gasteiger partial charge in [0.1, 0.15) is 28.6 Å². The molecule has 0 radical (unpaired) electrons. The fraction of sp³-hybridized carbons (Fsp3) is 0.833. The second-order valence-corrected chi connectivity index (χ2v) is 7.96. The summed E-state index contributed by atoms with van der Waals surface area (Å²) in [7, 11) is -2.27. The highest BCUT2D eigenvalue weighted by molar-refractivity contribution is 9.13. The van der Waals surface area contributed by atoms with E-state index in [1.54, 1.807) is 13.8 Å². The van der Waals surface area contributed by atoms with E-state index in [9.17, 15) is 19.9 Å². The minimum Gasteiger partial charge on any atom is -0.387 e. The van der Waals surface area contributed by atoms with Crippen molar-refractivity contribution in [3.63, 3.8) is 0 Å². The van der Waals surface area contributed by atoms with Crippen LogP contribution in [0.2, 0.25) is 0 Å². The second kappa shape index (κ2) is 8.86. The molecular formula is C12H22BrO8P. The van der Waals surface area contributed by atoms with Crippen molar-refractivity contribution in [3.05, 3.63) is 10.3 Å². The maximum Gasteiger partial charge on any atom is 0.367 e. The maximum atomic E-state index is 12.6. The van der Waals surface area contributed by atoms with Gasteiger partial charge in [0.2, 0.25) is 0 Å². The molecule has 130 valence electrons. The van der Waals surface area contributed by atoms with Gasteiger partial charge < -0.3 is 33.8 Å². The van der Waals surface area contributed by atoms with Crippen LogP contribution in [0.3, 0.4) is 0 Å². The topological polar surface area (TPSA) is 115 Å². The highest BCUT2D eigenvalue weighted by atomic mass is 79.9. The van der Waals surface area contributed by atoms with Crippen LogP contribution in [-0.4, -0.2) is 66.3 Å². The number of ether oxygens (including phenoxy) is 2. The van der Waals surface area contributed by atoms with E-state index in [1.165, 1.54) is 13.2 Å². The second-order valence-electron chi connectivity index (χ2n) is 4.50. The molecule has 3 N–H and O–H groups in total. The summed E-state index contributed by atoms with van der Waals surface area (Å²) in [6.07, 6.45) is -5.21. The maximum absolute atomic E-state index is 12.6. The Balaban J connectivity index is 2.99. The van der Waals surface area contributed by atoms with Crippen LogP contribution in [0.25, 0.3) is 0 Å². The standard InChI is InChI=1S/C12H22BrO8P/c1-4-19-22(17,20-5-2)8(13)6-7-9(14)10(15)11(16)12(18-3)21-7/h6-7,9-12,14-16H,4-5H2,1-3H3/b8-6-/t7-,9-,10+,11-,12+/m1/s1. The zero-order valence-corrected chi connectivity index (χ0v) is 15.1. The first-order valence-electron chi connectivity index (χ1n) is 6.80. The highest BCUT2D eigenvalue weighted by Gasteiger charge is 2.44. The molecule has 0 bridgehead atoms. The predicted molar refractivity (Wildman–Crippen MR) is 81.6 cm³/mol. The van der Waals surface area contributed by atoms with Gasteiger partial charge in [0.25, 0.3) is 0 Å². The average Bonchev–Trinajstić information content (AvgIpc) is 2.48. The summed E-state index contributed by atoms with van der Waals surface area (Å²) in [5.41, 5.74) is 0. The normalized spacial score (nSPS) is 34.0. The van der Waals surface area contributed by atoms with Crippen molar-refractivity contribution in [3.8, 4) is 0 Å². The van der Waals surface area contributed by atoms with Gasteiger partial charge in [-0.05, 0) is 35.9 Å². The van der Waals surface area contributed by atoms with Crippen LogP contribution in [-0.2, 0) is 23.1 Å². The number of aliphatic hydroxyl groups is 3. The molecule has 0 aliphatic carbocycles. The largest absolute Gasteiger partial charge is 0.387 e. The molecule has 0 amide bonds. The van der Waals surface area contributed by atoms with Crippen LogP contribution in [0.4, 0.5) is 0 Å². The Morgan fingerprint density at radius 1 is 1.18 bits per heavy atom. The molecule has 22 heavy (non-hydrogen) atoms. The lowest BCUT2D eigenvalue weighted by atomic mass is 9.99. The van der Waals surface area contributed by atoms with E-state index in [2.05, 4.69) is 15.9 Å². The van der Waals surface area contributed by atoms with E-state index in [0.29, 0.717) is 0 Å². The van der Waals surface area contributed by atoms with Crippen molar-refractivity contribution >= 4 is 23.5 Å². The van der Waals surface area contributed by atoms with Crippen molar-refractivity contribution in [2.24, 2.45) is 0 Å². The summed E-state index contributed by atoms with van der Waals surface area (Å²) in [5, 5.41) is 29.5. The number of rotatable bonds is 7. The molecule has 0 aromatic rings. The number of aliphatic hydroxyl groups excluding tert-OH is 3. The summed E-state index contributed by atoms with van der Waals surface area (Å²) in [6, 6.07) is 0. The van der Waals surface area contributed by atoms with Crippen molar-refractivity contribution in [1.29, 1.82) is 0 Å². The Hall–Kier alpha value is 0.170. The van der Waals surface area contributed by atoms with Crippen molar-refractivity contribution < 1.29 is 38.4 Å². The van der Waals surface area contributed by atoms with Gasteiger partial charge in [-0.1, -0.05) is 0 Å². The summed E-state index contributed by atoms with van der Waals surface area (Å²) in [5.74, 6) is 0. The third-order valence-corrected chi connectivity index (χ3v) is 6.44. The number of methoxy groups -OCH3 is 1. The molecule has 5 atom stereocenters. The number of hydrogen-bond acceptors (Lipinski definition) is 8. The third kappa shape index (κ3) is 4.59. The van der Waals surface area contributed by atoms with E-state index in [1.807, 2.05) is 0 Å². The fourth-order valence-corrected chi connectivity index (χ4v) is 4.14. The molecule has 1 fully saturated rings.